The standard InChI is InChI=1S/C16H21N3O/c1-11(12-8-18-9-12)15(20)19-14-6-4-13(5-7-14)16(2,3)10-17/h4-7,11-12,18H,8-9H2,1-3H3,(H,19,20). The fraction of sp³-hybridized carbons (Fsp3) is 0.500. The van der Waals surface area contributed by atoms with Crippen molar-refractivity contribution in [2.45, 2.75) is 26.2 Å². The minimum Gasteiger partial charge on any atom is -0.326 e. The van der Waals surface area contributed by atoms with Gasteiger partial charge in [0.15, 0.2) is 0 Å². The van der Waals surface area contributed by atoms with Gasteiger partial charge in [0, 0.05) is 11.6 Å². The van der Waals surface area contributed by atoms with Crippen molar-refractivity contribution < 1.29 is 4.79 Å². The van der Waals surface area contributed by atoms with Crippen molar-refractivity contribution in [1.82, 2.24) is 5.32 Å². The topological polar surface area (TPSA) is 64.9 Å². The molecule has 20 heavy (non-hydrogen) atoms. The molecule has 1 amide bonds. The van der Waals surface area contributed by atoms with E-state index in [4.69, 9.17) is 5.26 Å². The van der Waals surface area contributed by atoms with E-state index < -0.39 is 5.41 Å². The van der Waals surface area contributed by atoms with Crippen LogP contribution in [0.5, 0.6) is 0 Å². The van der Waals surface area contributed by atoms with Gasteiger partial charge in [0.1, 0.15) is 0 Å². The molecule has 1 aliphatic rings. The number of hydrogen-bond donors (Lipinski definition) is 2. The molecule has 0 aromatic heterocycles. The quantitative estimate of drug-likeness (QED) is 0.883. The van der Waals surface area contributed by atoms with Crippen molar-refractivity contribution in [2.24, 2.45) is 11.8 Å². The molecule has 4 nitrogen and oxygen atoms in total. The average Bonchev–Trinajstić information content (AvgIpc) is 2.37. The van der Waals surface area contributed by atoms with Crippen molar-refractivity contribution in [2.75, 3.05) is 18.4 Å². The van der Waals surface area contributed by atoms with Gasteiger partial charge in [0.05, 0.1) is 11.5 Å². The van der Waals surface area contributed by atoms with Crippen molar-refractivity contribution in [3.05, 3.63) is 29.8 Å². The number of nitrogens with zero attached hydrogens (tertiary/aromatic N) is 1. The number of carbonyl (C=O) groups excluding carboxylic acids is 1. The molecule has 1 unspecified atom stereocenters. The SMILES string of the molecule is CC(C(=O)Nc1ccc(C(C)(C)C#N)cc1)C1CNC1. The Balaban J connectivity index is 2.00. The minimum atomic E-state index is -0.507. The van der Waals surface area contributed by atoms with Crippen LogP contribution in [0.3, 0.4) is 0 Å². The lowest BCUT2D eigenvalue weighted by Gasteiger charge is -2.31. The van der Waals surface area contributed by atoms with E-state index in [2.05, 4.69) is 16.7 Å². The highest BCUT2D eigenvalue weighted by molar-refractivity contribution is 5.92. The average molecular weight is 271 g/mol. The number of carbonyl (C=O) groups is 1. The monoisotopic (exact) mass is 271 g/mol. The van der Waals surface area contributed by atoms with Gasteiger partial charge in [-0.2, -0.15) is 5.26 Å². The van der Waals surface area contributed by atoms with Crippen molar-refractivity contribution in [3.8, 4) is 6.07 Å². The molecule has 0 saturated carbocycles. The molecule has 1 saturated heterocycles. The zero-order valence-electron chi connectivity index (χ0n) is 12.2. The summed E-state index contributed by atoms with van der Waals surface area (Å²) in [5, 5.41) is 15.2. The summed E-state index contributed by atoms with van der Waals surface area (Å²) >= 11 is 0. The lowest BCUT2D eigenvalue weighted by molar-refractivity contribution is -0.121. The molecule has 1 aromatic rings. The third-order valence-electron chi connectivity index (χ3n) is 4.09. The van der Waals surface area contributed by atoms with Gasteiger partial charge in [-0.15, -0.1) is 0 Å². The van der Waals surface area contributed by atoms with Gasteiger partial charge in [-0.25, -0.2) is 0 Å². The predicted octanol–water partition coefficient (Wildman–Crippen LogP) is 2.28. The zero-order chi connectivity index (χ0) is 14.8. The molecule has 1 aliphatic heterocycles. The molecule has 1 heterocycles. The van der Waals surface area contributed by atoms with Gasteiger partial charge in [0.25, 0.3) is 0 Å². The summed E-state index contributed by atoms with van der Waals surface area (Å²) < 4.78 is 0. The van der Waals surface area contributed by atoms with Crippen LogP contribution in [0, 0.1) is 23.2 Å². The van der Waals surface area contributed by atoms with Gasteiger partial charge >= 0.3 is 0 Å². The number of hydrogen-bond acceptors (Lipinski definition) is 3. The first kappa shape index (κ1) is 14.5. The molecule has 1 aromatic carbocycles. The van der Waals surface area contributed by atoms with E-state index in [0.717, 1.165) is 24.3 Å². The molecule has 1 fully saturated rings. The van der Waals surface area contributed by atoms with E-state index in [1.165, 1.54) is 0 Å². The van der Waals surface area contributed by atoms with Crippen LogP contribution >= 0.6 is 0 Å². The highest BCUT2D eigenvalue weighted by atomic mass is 16.1. The lowest BCUT2D eigenvalue weighted by atomic mass is 9.86. The molecule has 106 valence electrons. The maximum atomic E-state index is 12.1. The Morgan fingerprint density at radius 2 is 2.00 bits per heavy atom. The molecule has 4 heteroatoms. The first-order chi connectivity index (χ1) is 9.44. The van der Waals surface area contributed by atoms with Gasteiger partial charge in [0.2, 0.25) is 5.91 Å². The first-order valence-corrected chi connectivity index (χ1v) is 6.97. The molecule has 2 rings (SSSR count). The van der Waals surface area contributed by atoms with Crippen molar-refractivity contribution in [3.63, 3.8) is 0 Å². The van der Waals surface area contributed by atoms with Crippen LogP contribution < -0.4 is 10.6 Å². The Morgan fingerprint density at radius 1 is 1.40 bits per heavy atom. The summed E-state index contributed by atoms with van der Waals surface area (Å²) in [6.07, 6.45) is 0. The lowest BCUT2D eigenvalue weighted by Crippen LogP contribution is -2.48. The van der Waals surface area contributed by atoms with Crippen LogP contribution in [-0.2, 0) is 10.2 Å². The molecule has 0 aliphatic carbocycles. The predicted molar refractivity (Wildman–Crippen MR) is 79.2 cm³/mol. The third-order valence-corrected chi connectivity index (χ3v) is 4.09. The molecule has 0 bridgehead atoms. The second-order valence-corrected chi connectivity index (χ2v) is 6.01. The third kappa shape index (κ3) is 3.00. The number of anilines is 1. The van der Waals surface area contributed by atoms with E-state index >= 15 is 0 Å². The van der Waals surface area contributed by atoms with E-state index in [1.54, 1.807) is 0 Å². The Hall–Kier alpha value is -1.86. The van der Waals surface area contributed by atoms with E-state index in [1.807, 2.05) is 45.0 Å². The van der Waals surface area contributed by atoms with Gasteiger partial charge in [-0.3, -0.25) is 4.79 Å². The smallest absolute Gasteiger partial charge is 0.227 e. The number of nitrogens with one attached hydrogen (secondary N) is 2. The summed E-state index contributed by atoms with van der Waals surface area (Å²) in [6.45, 7) is 7.57. The Bertz CT molecular complexity index is 524. The largest absolute Gasteiger partial charge is 0.326 e. The summed E-state index contributed by atoms with van der Waals surface area (Å²) in [7, 11) is 0. The molecule has 2 N–H and O–H groups in total. The van der Waals surface area contributed by atoms with Crippen LogP contribution in [0.2, 0.25) is 0 Å². The molecular weight excluding hydrogens is 250 g/mol. The fourth-order valence-electron chi connectivity index (χ4n) is 2.17. The number of rotatable bonds is 4. The normalized spacial score (nSPS) is 16.9. The Labute approximate surface area is 120 Å². The minimum absolute atomic E-state index is 0.0199. The summed E-state index contributed by atoms with van der Waals surface area (Å²) in [6, 6.07) is 9.78. The Kier molecular flexibility index (Phi) is 4.10. The van der Waals surface area contributed by atoms with E-state index in [0.29, 0.717) is 5.92 Å². The van der Waals surface area contributed by atoms with E-state index in [-0.39, 0.29) is 11.8 Å². The zero-order valence-corrected chi connectivity index (χ0v) is 12.2. The van der Waals surface area contributed by atoms with Gasteiger partial charge < -0.3 is 10.6 Å². The Morgan fingerprint density at radius 3 is 2.45 bits per heavy atom. The fourth-order valence-corrected chi connectivity index (χ4v) is 2.17. The van der Waals surface area contributed by atoms with Crippen molar-refractivity contribution >= 4 is 11.6 Å². The number of nitriles is 1. The van der Waals surface area contributed by atoms with Crippen LogP contribution in [-0.4, -0.2) is 19.0 Å². The van der Waals surface area contributed by atoms with Crippen LogP contribution in [0.4, 0.5) is 5.69 Å². The molecule has 0 spiro atoms. The highest BCUT2D eigenvalue weighted by Crippen LogP contribution is 2.24. The highest BCUT2D eigenvalue weighted by Gasteiger charge is 2.28. The van der Waals surface area contributed by atoms with Crippen molar-refractivity contribution in [1.29, 1.82) is 5.26 Å². The van der Waals surface area contributed by atoms with Gasteiger partial charge in [-0.1, -0.05) is 19.1 Å². The molecule has 0 radical (unpaired) electrons. The van der Waals surface area contributed by atoms with Crippen LogP contribution in [0.1, 0.15) is 26.3 Å². The van der Waals surface area contributed by atoms with Crippen LogP contribution in [0.15, 0.2) is 24.3 Å². The first-order valence-electron chi connectivity index (χ1n) is 6.97. The number of amides is 1. The van der Waals surface area contributed by atoms with Gasteiger partial charge in [-0.05, 0) is 50.6 Å². The second kappa shape index (κ2) is 5.64. The van der Waals surface area contributed by atoms with E-state index in [9.17, 15) is 4.79 Å². The maximum absolute atomic E-state index is 12.1. The molecular formula is C16H21N3O. The summed E-state index contributed by atoms with van der Waals surface area (Å²) in [4.78, 5) is 12.1. The summed E-state index contributed by atoms with van der Waals surface area (Å²) in [5.74, 6) is 0.516. The second-order valence-electron chi connectivity index (χ2n) is 6.01. The molecule has 1 atom stereocenters. The summed E-state index contributed by atoms with van der Waals surface area (Å²) in [5.41, 5.74) is 1.23. The maximum Gasteiger partial charge on any atom is 0.227 e. The van der Waals surface area contributed by atoms with Crippen LogP contribution in [0.25, 0.3) is 0 Å². The number of benzene rings is 1.